The second-order valence-corrected chi connectivity index (χ2v) is 6.98. The van der Waals surface area contributed by atoms with Crippen molar-refractivity contribution in [2.45, 2.75) is 32.2 Å². The lowest BCUT2D eigenvalue weighted by Gasteiger charge is -2.15. The molecule has 0 amide bonds. The van der Waals surface area contributed by atoms with Gasteiger partial charge in [0.15, 0.2) is 0 Å². The van der Waals surface area contributed by atoms with Crippen molar-refractivity contribution in [1.29, 1.82) is 0 Å². The zero-order valence-electron chi connectivity index (χ0n) is 11.2. The topological polar surface area (TPSA) is 24.9 Å². The van der Waals surface area contributed by atoms with E-state index in [1.807, 2.05) is 18.4 Å². The molecule has 0 fully saturated rings. The number of nitrogens with zero attached hydrogens (tertiary/aromatic N) is 1. The summed E-state index contributed by atoms with van der Waals surface area (Å²) in [4.78, 5) is 6.32. The molecule has 1 aliphatic rings. The lowest BCUT2D eigenvalue weighted by atomic mass is 10.1. The molecular formula is C15H17BrN2S. The van der Waals surface area contributed by atoms with Crippen molar-refractivity contribution in [2.75, 3.05) is 7.05 Å². The van der Waals surface area contributed by atoms with Crippen molar-refractivity contribution in [3.05, 3.63) is 49.4 Å². The van der Waals surface area contributed by atoms with Crippen LogP contribution in [0.2, 0.25) is 0 Å². The molecule has 19 heavy (non-hydrogen) atoms. The predicted octanol–water partition coefficient (Wildman–Crippen LogP) is 4.01. The molecule has 100 valence electrons. The molecule has 2 nitrogen and oxygen atoms in total. The Hall–Kier alpha value is -0.710. The number of hydrogen-bond donors (Lipinski definition) is 1. The van der Waals surface area contributed by atoms with Crippen molar-refractivity contribution in [3.8, 4) is 0 Å². The van der Waals surface area contributed by atoms with Gasteiger partial charge in [0.2, 0.25) is 0 Å². The number of aromatic nitrogens is 1. The Morgan fingerprint density at radius 2 is 2.21 bits per heavy atom. The molecule has 1 aromatic heterocycles. The lowest BCUT2D eigenvalue weighted by molar-refractivity contribution is 0.682. The Morgan fingerprint density at radius 3 is 2.89 bits per heavy atom. The number of aryl methyl sites for hydroxylation is 3. The SMILES string of the molecule is CNC(c1ccc(C)c(Br)c1)c1nc2c(s1)CCC2. The van der Waals surface area contributed by atoms with E-state index in [9.17, 15) is 0 Å². The first-order chi connectivity index (χ1) is 9.19. The van der Waals surface area contributed by atoms with Crippen molar-refractivity contribution in [1.82, 2.24) is 10.3 Å². The van der Waals surface area contributed by atoms with Crippen LogP contribution >= 0.6 is 27.3 Å². The summed E-state index contributed by atoms with van der Waals surface area (Å²) in [5.41, 5.74) is 3.86. The van der Waals surface area contributed by atoms with Gasteiger partial charge in [0, 0.05) is 9.35 Å². The van der Waals surface area contributed by atoms with Crippen LogP contribution in [-0.2, 0) is 12.8 Å². The van der Waals surface area contributed by atoms with Gasteiger partial charge in [-0.05, 0) is 50.4 Å². The maximum atomic E-state index is 4.83. The summed E-state index contributed by atoms with van der Waals surface area (Å²) in [7, 11) is 2.00. The van der Waals surface area contributed by atoms with Crippen LogP contribution in [0.5, 0.6) is 0 Å². The van der Waals surface area contributed by atoms with Crippen LogP contribution in [0.1, 0.15) is 39.2 Å². The molecule has 1 N–H and O–H groups in total. The maximum absolute atomic E-state index is 4.83. The van der Waals surface area contributed by atoms with E-state index in [1.165, 1.54) is 39.5 Å². The fraction of sp³-hybridized carbons (Fsp3) is 0.400. The summed E-state index contributed by atoms with van der Waals surface area (Å²) in [6, 6.07) is 6.74. The smallest absolute Gasteiger partial charge is 0.115 e. The van der Waals surface area contributed by atoms with E-state index in [-0.39, 0.29) is 6.04 Å². The van der Waals surface area contributed by atoms with Gasteiger partial charge in [0.1, 0.15) is 5.01 Å². The van der Waals surface area contributed by atoms with Crippen LogP contribution < -0.4 is 5.32 Å². The van der Waals surface area contributed by atoms with E-state index in [1.54, 1.807) is 0 Å². The fourth-order valence-corrected chi connectivity index (χ4v) is 4.24. The molecule has 0 radical (unpaired) electrons. The van der Waals surface area contributed by atoms with Gasteiger partial charge in [0.25, 0.3) is 0 Å². The van der Waals surface area contributed by atoms with Gasteiger partial charge in [0.05, 0.1) is 11.7 Å². The van der Waals surface area contributed by atoms with E-state index >= 15 is 0 Å². The van der Waals surface area contributed by atoms with Crippen molar-refractivity contribution in [2.24, 2.45) is 0 Å². The highest BCUT2D eigenvalue weighted by atomic mass is 79.9. The number of hydrogen-bond acceptors (Lipinski definition) is 3. The Balaban J connectivity index is 1.96. The zero-order valence-corrected chi connectivity index (χ0v) is 13.6. The van der Waals surface area contributed by atoms with E-state index in [0.29, 0.717) is 0 Å². The van der Waals surface area contributed by atoms with Crippen molar-refractivity contribution >= 4 is 27.3 Å². The van der Waals surface area contributed by atoms with Gasteiger partial charge < -0.3 is 5.32 Å². The first kappa shape index (κ1) is 13.3. The third-order valence-corrected chi connectivity index (χ3v) is 5.75. The van der Waals surface area contributed by atoms with Crippen LogP contribution in [0.3, 0.4) is 0 Å². The minimum Gasteiger partial charge on any atom is -0.307 e. The van der Waals surface area contributed by atoms with E-state index < -0.39 is 0 Å². The average Bonchev–Trinajstić information content (AvgIpc) is 2.95. The summed E-state index contributed by atoms with van der Waals surface area (Å²) >= 11 is 5.49. The molecule has 2 aromatic rings. The number of rotatable bonds is 3. The van der Waals surface area contributed by atoms with Crippen LogP contribution in [0.15, 0.2) is 22.7 Å². The number of halogens is 1. The summed E-state index contributed by atoms with van der Waals surface area (Å²) in [5, 5.41) is 4.59. The van der Waals surface area contributed by atoms with Crippen LogP contribution in [0.25, 0.3) is 0 Å². The van der Waals surface area contributed by atoms with Crippen LogP contribution in [-0.4, -0.2) is 12.0 Å². The molecule has 3 rings (SSSR count). The van der Waals surface area contributed by atoms with E-state index in [2.05, 4.69) is 46.4 Å². The second-order valence-electron chi connectivity index (χ2n) is 5.01. The third-order valence-electron chi connectivity index (χ3n) is 3.68. The molecule has 1 heterocycles. The number of thiazole rings is 1. The van der Waals surface area contributed by atoms with Gasteiger partial charge >= 0.3 is 0 Å². The number of nitrogens with one attached hydrogen (secondary N) is 1. The summed E-state index contributed by atoms with van der Waals surface area (Å²) < 4.78 is 1.16. The van der Waals surface area contributed by atoms with Crippen LogP contribution in [0, 0.1) is 6.92 Å². The highest BCUT2D eigenvalue weighted by molar-refractivity contribution is 9.10. The summed E-state index contributed by atoms with van der Waals surface area (Å²) in [5.74, 6) is 0. The minimum atomic E-state index is 0.201. The molecule has 0 aliphatic heterocycles. The summed E-state index contributed by atoms with van der Waals surface area (Å²) in [6.45, 7) is 2.11. The first-order valence-electron chi connectivity index (χ1n) is 6.61. The molecular weight excluding hydrogens is 320 g/mol. The molecule has 0 saturated carbocycles. The summed E-state index contributed by atoms with van der Waals surface area (Å²) in [6.07, 6.45) is 3.63. The standard InChI is InChI=1S/C15H17BrN2S/c1-9-6-7-10(8-11(9)16)14(17-2)15-18-12-4-3-5-13(12)19-15/h6-8,14,17H,3-5H2,1-2H3. The number of benzene rings is 1. The average molecular weight is 337 g/mol. The Labute approximate surface area is 126 Å². The van der Waals surface area contributed by atoms with E-state index in [4.69, 9.17) is 4.98 Å². The molecule has 1 atom stereocenters. The molecule has 1 unspecified atom stereocenters. The molecule has 1 aromatic carbocycles. The lowest BCUT2D eigenvalue weighted by Crippen LogP contribution is -2.17. The van der Waals surface area contributed by atoms with Gasteiger partial charge in [-0.15, -0.1) is 11.3 Å². The van der Waals surface area contributed by atoms with Gasteiger partial charge in [-0.25, -0.2) is 4.98 Å². The highest BCUT2D eigenvalue weighted by Crippen LogP contribution is 2.34. The molecule has 0 spiro atoms. The molecule has 4 heteroatoms. The molecule has 0 bridgehead atoms. The van der Waals surface area contributed by atoms with Gasteiger partial charge in [-0.2, -0.15) is 0 Å². The molecule has 0 saturated heterocycles. The predicted molar refractivity (Wildman–Crippen MR) is 83.9 cm³/mol. The third kappa shape index (κ3) is 2.49. The van der Waals surface area contributed by atoms with Crippen molar-refractivity contribution in [3.63, 3.8) is 0 Å². The monoisotopic (exact) mass is 336 g/mol. The van der Waals surface area contributed by atoms with E-state index in [0.717, 1.165) is 10.9 Å². The van der Waals surface area contributed by atoms with Gasteiger partial charge in [-0.1, -0.05) is 28.1 Å². The zero-order chi connectivity index (χ0) is 13.4. The van der Waals surface area contributed by atoms with Gasteiger partial charge in [-0.3, -0.25) is 0 Å². The van der Waals surface area contributed by atoms with Crippen LogP contribution in [0.4, 0.5) is 0 Å². The fourth-order valence-electron chi connectivity index (χ4n) is 2.56. The normalized spacial score (nSPS) is 15.5. The minimum absolute atomic E-state index is 0.201. The maximum Gasteiger partial charge on any atom is 0.115 e. The molecule has 1 aliphatic carbocycles. The Bertz CT molecular complexity index is 585. The quantitative estimate of drug-likeness (QED) is 0.915. The largest absolute Gasteiger partial charge is 0.307 e. The second kappa shape index (κ2) is 5.35. The highest BCUT2D eigenvalue weighted by Gasteiger charge is 2.22. The first-order valence-corrected chi connectivity index (χ1v) is 8.22. The Kier molecular flexibility index (Phi) is 3.74. The number of fused-ring (bicyclic) bond motifs is 1. The van der Waals surface area contributed by atoms with Crippen molar-refractivity contribution < 1.29 is 0 Å². The Morgan fingerprint density at radius 1 is 1.37 bits per heavy atom.